The largest absolute Gasteiger partial charge is 0.378 e. The van der Waals surface area contributed by atoms with Crippen LogP contribution in [0.4, 0.5) is 15.8 Å². The number of benzene rings is 2. The SMILES string of the molecule is O=C(CCc1nc(-c2ccc(F)cc2)no1)Nc1cccc(Cl)c1N1CCOCC1. The summed E-state index contributed by atoms with van der Waals surface area (Å²) in [6.07, 6.45) is 0.452. The second kappa shape index (κ2) is 9.23. The van der Waals surface area contributed by atoms with E-state index in [2.05, 4.69) is 20.4 Å². The van der Waals surface area contributed by atoms with Crippen LogP contribution >= 0.6 is 11.6 Å². The number of amides is 1. The van der Waals surface area contributed by atoms with Crippen molar-refractivity contribution >= 4 is 28.9 Å². The van der Waals surface area contributed by atoms with Crippen LogP contribution in [0.2, 0.25) is 5.02 Å². The first-order valence-corrected chi connectivity index (χ1v) is 9.97. The van der Waals surface area contributed by atoms with Gasteiger partial charge in [-0.15, -0.1) is 0 Å². The molecule has 0 radical (unpaired) electrons. The summed E-state index contributed by atoms with van der Waals surface area (Å²) in [5.74, 6) is 0.170. The van der Waals surface area contributed by atoms with Gasteiger partial charge in [0, 0.05) is 31.5 Å². The molecule has 9 heteroatoms. The highest BCUT2D eigenvalue weighted by molar-refractivity contribution is 6.34. The Balaban J connectivity index is 1.39. The molecule has 0 unspecified atom stereocenters. The average Bonchev–Trinajstić information content (AvgIpc) is 3.23. The predicted molar refractivity (Wildman–Crippen MR) is 111 cm³/mol. The summed E-state index contributed by atoms with van der Waals surface area (Å²) < 4.78 is 23.6. The van der Waals surface area contributed by atoms with E-state index in [1.165, 1.54) is 12.1 Å². The van der Waals surface area contributed by atoms with Crippen LogP contribution < -0.4 is 10.2 Å². The number of nitrogens with zero attached hydrogens (tertiary/aromatic N) is 3. The Bertz CT molecular complexity index is 1020. The lowest BCUT2D eigenvalue weighted by molar-refractivity contribution is -0.116. The van der Waals surface area contributed by atoms with Gasteiger partial charge in [-0.05, 0) is 36.4 Å². The van der Waals surface area contributed by atoms with Gasteiger partial charge in [-0.2, -0.15) is 4.98 Å². The van der Waals surface area contributed by atoms with Crippen molar-refractivity contribution in [2.45, 2.75) is 12.8 Å². The summed E-state index contributed by atoms with van der Waals surface area (Å²) in [6, 6.07) is 11.2. The van der Waals surface area contributed by atoms with Crippen LogP contribution in [0.3, 0.4) is 0 Å². The fraction of sp³-hybridized carbons (Fsp3) is 0.286. The topological polar surface area (TPSA) is 80.5 Å². The maximum atomic E-state index is 13.0. The van der Waals surface area contributed by atoms with Crippen molar-refractivity contribution in [3.63, 3.8) is 0 Å². The summed E-state index contributed by atoms with van der Waals surface area (Å²) in [6.45, 7) is 2.65. The molecule has 2 heterocycles. The number of rotatable bonds is 6. The van der Waals surface area contributed by atoms with Crippen molar-refractivity contribution in [3.8, 4) is 11.4 Å². The first kappa shape index (κ1) is 20.3. The van der Waals surface area contributed by atoms with E-state index in [1.54, 1.807) is 24.3 Å². The lowest BCUT2D eigenvalue weighted by Gasteiger charge is -2.31. The van der Waals surface area contributed by atoms with Gasteiger partial charge in [0.25, 0.3) is 0 Å². The summed E-state index contributed by atoms with van der Waals surface area (Å²) in [4.78, 5) is 18.9. The molecular formula is C21H20ClFN4O3. The number of carbonyl (C=O) groups excluding carboxylic acids is 1. The lowest BCUT2D eigenvalue weighted by atomic mass is 10.2. The lowest BCUT2D eigenvalue weighted by Crippen LogP contribution is -2.37. The van der Waals surface area contributed by atoms with E-state index >= 15 is 0 Å². The fourth-order valence-electron chi connectivity index (χ4n) is 3.23. The molecule has 1 aromatic heterocycles. The first-order chi connectivity index (χ1) is 14.6. The minimum Gasteiger partial charge on any atom is -0.378 e. The molecule has 4 rings (SSSR count). The monoisotopic (exact) mass is 430 g/mol. The molecule has 3 aromatic rings. The second-order valence-corrected chi connectivity index (χ2v) is 7.21. The number of halogens is 2. The molecule has 0 spiro atoms. The zero-order valence-electron chi connectivity index (χ0n) is 16.1. The van der Waals surface area contributed by atoms with Gasteiger partial charge in [0.15, 0.2) is 0 Å². The van der Waals surface area contributed by atoms with Crippen molar-refractivity contribution in [2.75, 3.05) is 36.5 Å². The molecule has 156 valence electrons. The maximum absolute atomic E-state index is 13.0. The number of aryl methyl sites for hydroxylation is 1. The number of ether oxygens (including phenoxy) is 1. The fourth-order valence-corrected chi connectivity index (χ4v) is 3.52. The first-order valence-electron chi connectivity index (χ1n) is 9.60. The number of anilines is 2. The van der Waals surface area contributed by atoms with Crippen LogP contribution in [0, 0.1) is 5.82 Å². The molecule has 0 atom stereocenters. The van der Waals surface area contributed by atoms with Gasteiger partial charge in [0.05, 0.1) is 29.6 Å². The molecule has 30 heavy (non-hydrogen) atoms. The normalized spacial score (nSPS) is 14.0. The van der Waals surface area contributed by atoms with Crippen LogP contribution in [-0.4, -0.2) is 42.4 Å². The zero-order valence-corrected chi connectivity index (χ0v) is 16.9. The summed E-state index contributed by atoms with van der Waals surface area (Å²) in [7, 11) is 0. The van der Waals surface area contributed by atoms with Gasteiger partial charge in [-0.1, -0.05) is 22.8 Å². The molecule has 1 saturated heterocycles. The Morgan fingerprint density at radius 2 is 1.93 bits per heavy atom. The Morgan fingerprint density at radius 3 is 2.70 bits per heavy atom. The number of hydrogen-bond donors (Lipinski definition) is 1. The van der Waals surface area contributed by atoms with E-state index in [-0.39, 0.29) is 24.6 Å². The minimum absolute atomic E-state index is 0.167. The number of carbonyl (C=O) groups is 1. The molecule has 1 aliphatic rings. The van der Waals surface area contributed by atoms with Crippen LogP contribution in [0.1, 0.15) is 12.3 Å². The third-order valence-electron chi connectivity index (χ3n) is 4.72. The number of para-hydroxylation sites is 1. The van der Waals surface area contributed by atoms with Crippen molar-refractivity contribution in [2.24, 2.45) is 0 Å². The van der Waals surface area contributed by atoms with Crippen LogP contribution in [0.25, 0.3) is 11.4 Å². The summed E-state index contributed by atoms with van der Waals surface area (Å²) in [5.41, 5.74) is 2.10. The molecule has 7 nitrogen and oxygen atoms in total. The van der Waals surface area contributed by atoms with E-state index in [0.717, 1.165) is 5.69 Å². The van der Waals surface area contributed by atoms with Gasteiger partial charge in [-0.3, -0.25) is 4.79 Å². The van der Waals surface area contributed by atoms with E-state index in [1.807, 2.05) is 6.07 Å². The smallest absolute Gasteiger partial charge is 0.227 e. The number of hydrogen-bond acceptors (Lipinski definition) is 6. The van der Waals surface area contributed by atoms with Crippen molar-refractivity contribution in [1.82, 2.24) is 10.1 Å². The van der Waals surface area contributed by atoms with Gasteiger partial charge in [0.1, 0.15) is 5.82 Å². The Morgan fingerprint density at radius 1 is 1.17 bits per heavy atom. The molecule has 1 N–H and O–H groups in total. The molecule has 0 aliphatic carbocycles. The Kier molecular flexibility index (Phi) is 6.25. The van der Waals surface area contributed by atoms with Crippen LogP contribution in [-0.2, 0) is 16.0 Å². The predicted octanol–water partition coefficient (Wildman–Crippen LogP) is 3.94. The minimum atomic E-state index is -0.336. The standard InChI is InChI=1S/C21H20ClFN4O3/c22-16-2-1-3-17(20(16)27-10-12-29-13-11-27)24-18(28)8-9-19-25-21(26-30-19)14-4-6-15(23)7-5-14/h1-7H,8-13H2,(H,24,28). The highest BCUT2D eigenvalue weighted by Gasteiger charge is 2.19. The van der Waals surface area contributed by atoms with Crippen LogP contribution in [0.5, 0.6) is 0 Å². The highest BCUT2D eigenvalue weighted by atomic mass is 35.5. The van der Waals surface area contributed by atoms with Crippen molar-refractivity contribution in [1.29, 1.82) is 0 Å². The van der Waals surface area contributed by atoms with Crippen molar-refractivity contribution in [3.05, 3.63) is 59.2 Å². The number of morpholine rings is 1. The zero-order chi connectivity index (χ0) is 20.9. The van der Waals surface area contributed by atoms with E-state index in [4.69, 9.17) is 20.9 Å². The third kappa shape index (κ3) is 4.77. The second-order valence-electron chi connectivity index (χ2n) is 6.80. The van der Waals surface area contributed by atoms with E-state index in [0.29, 0.717) is 54.3 Å². The molecular weight excluding hydrogens is 411 g/mol. The highest BCUT2D eigenvalue weighted by Crippen LogP contribution is 2.34. The maximum Gasteiger partial charge on any atom is 0.227 e. The quantitative estimate of drug-likeness (QED) is 0.638. The van der Waals surface area contributed by atoms with Crippen molar-refractivity contribution < 1.29 is 18.4 Å². The molecule has 1 amide bonds. The molecule has 1 aliphatic heterocycles. The summed E-state index contributed by atoms with van der Waals surface area (Å²) in [5, 5.41) is 7.39. The molecule has 2 aromatic carbocycles. The van der Waals surface area contributed by atoms with E-state index < -0.39 is 0 Å². The van der Waals surface area contributed by atoms with Gasteiger partial charge < -0.3 is 19.5 Å². The van der Waals surface area contributed by atoms with Gasteiger partial charge in [0.2, 0.25) is 17.6 Å². The Hall–Kier alpha value is -2.97. The summed E-state index contributed by atoms with van der Waals surface area (Å²) >= 11 is 6.40. The van der Waals surface area contributed by atoms with Crippen LogP contribution in [0.15, 0.2) is 47.0 Å². The number of nitrogens with one attached hydrogen (secondary N) is 1. The van der Waals surface area contributed by atoms with Gasteiger partial charge in [-0.25, -0.2) is 4.39 Å². The third-order valence-corrected chi connectivity index (χ3v) is 5.03. The van der Waals surface area contributed by atoms with Gasteiger partial charge >= 0.3 is 0 Å². The average molecular weight is 431 g/mol. The van der Waals surface area contributed by atoms with E-state index in [9.17, 15) is 9.18 Å². The molecule has 0 bridgehead atoms. The molecule has 0 saturated carbocycles. The molecule has 1 fully saturated rings. The Labute approximate surface area is 177 Å². The number of aromatic nitrogens is 2.